The fraction of sp³-hybridized carbons (Fsp3) is 0.250. The fourth-order valence-electron chi connectivity index (χ4n) is 2.84. The maximum absolute atomic E-state index is 12.6. The Balaban J connectivity index is 1.76. The van der Waals surface area contributed by atoms with Crippen molar-refractivity contribution in [2.75, 3.05) is 31.3 Å². The predicted octanol–water partition coefficient (Wildman–Crippen LogP) is 2.47. The van der Waals surface area contributed by atoms with Crippen molar-refractivity contribution in [2.24, 2.45) is 0 Å². The van der Waals surface area contributed by atoms with E-state index in [1.165, 1.54) is 11.0 Å². The van der Waals surface area contributed by atoms with E-state index in [0.29, 0.717) is 5.69 Å². The predicted molar refractivity (Wildman–Crippen MR) is 103 cm³/mol. The molecule has 2 aromatic rings. The summed E-state index contributed by atoms with van der Waals surface area (Å²) in [6.07, 6.45) is 0.0855. The molecule has 0 fully saturated rings. The molecule has 0 radical (unpaired) electrons. The van der Waals surface area contributed by atoms with E-state index >= 15 is 0 Å². The quantitative estimate of drug-likeness (QED) is 0.386. The maximum Gasteiger partial charge on any atom is 0.345 e. The standard InChI is InChI=1S/C20H17N3O7/c21-7-4-8-22(14-5-2-1-3-6-14)19(24)13-30-20(25)15-11-17-18(29-10-9-28-17)12-16(15)23(26)27/h1-3,5-6,11-12H,4,8-10,13H2. The molecule has 0 bridgehead atoms. The topological polar surface area (TPSA) is 132 Å². The number of fused-ring (bicyclic) bond motifs is 1. The monoisotopic (exact) mass is 411 g/mol. The number of esters is 1. The molecule has 154 valence electrons. The molecule has 3 rings (SSSR count). The second kappa shape index (κ2) is 9.38. The lowest BCUT2D eigenvalue weighted by Crippen LogP contribution is -2.35. The van der Waals surface area contributed by atoms with Gasteiger partial charge >= 0.3 is 5.97 Å². The van der Waals surface area contributed by atoms with Crippen molar-refractivity contribution in [3.8, 4) is 17.6 Å². The van der Waals surface area contributed by atoms with Crippen LogP contribution in [0.4, 0.5) is 11.4 Å². The molecule has 0 N–H and O–H groups in total. The minimum atomic E-state index is -1.04. The zero-order valence-corrected chi connectivity index (χ0v) is 15.8. The number of hydrogen-bond acceptors (Lipinski definition) is 8. The molecule has 1 aliphatic rings. The number of nitriles is 1. The van der Waals surface area contributed by atoms with Crippen molar-refractivity contribution in [1.29, 1.82) is 5.26 Å². The molecule has 0 spiro atoms. The first-order valence-electron chi connectivity index (χ1n) is 8.98. The van der Waals surface area contributed by atoms with E-state index in [9.17, 15) is 19.7 Å². The molecule has 0 saturated carbocycles. The molecule has 0 unspecified atom stereocenters. The van der Waals surface area contributed by atoms with Gasteiger partial charge in [0.2, 0.25) is 0 Å². The number of hydrogen-bond donors (Lipinski definition) is 0. The smallest absolute Gasteiger partial charge is 0.345 e. The lowest BCUT2D eigenvalue weighted by atomic mass is 10.1. The Morgan fingerprint density at radius 3 is 2.47 bits per heavy atom. The van der Waals surface area contributed by atoms with Crippen molar-refractivity contribution in [3.63, 3.8) is 0 Å². The largest absolute Gasteiger partial charge is 0.486 e. The summed E-state index contributed by atoms with van der Waals surface area (Å²) in [5, 5.41) is 20.2. The third-order valence-corrected chi connectivity index (χ3v) is 4.22. The molecule has 10 nitrogen and oxygen atoms in total. The average molecular weight is 411 g/mol. The van der Waals surface area contributed by atoms with Crippen LogP contribution in [0, 0.1) is 21.4 Å². The van der Waals surface area contributed by atoms with E-state index in [0.717, 1.165) is 6.07 Å². The Hall–Kier alpha value is -4.13. The number of amides is 1. The highest BCUT2D eigenvalue weighted by Gasteiger charge is 2.28. The third kappa shape index (κ3) is 4.64. The van der Waals surface area contributed by atoms with Gasteiger partial charge in [0.15, 0.2) is 18.1 Å². The Kier molecular flexibility index (Phi) is 6.44. The van der Waals surface area contributed by atoms with Gasteiger partial charge in [-0.3, -0.25) is 14.9 Å². The lowest BCUT2D eigenvalue weighted by Gasteiger charge is -2.22. The lowest BCUT2D eigenvalue weighted by molar-refractivity contribution is -0.385. The van der Waals surface area contributed by atoms with Gasteiger partial charge in [0.1, 0.15) is 18.8 Å². The van der Waals surface area contributed by atoms with Crippen molar-refractivity contribution >= 4 is 23.3 Å². The van der Waals surface area contributed by atoms with Gasteiger partial charge in [0.05, 0.1) is 23.5 Å². The molecule has 2 aromatic carbocycles. The fourth-order valence-corrected chi connectivity index (χ4v) is 2.84. The van der Waals surface area contributed by atoms with Crippen LogP contribution >= 0.6 is 0 Å². The van der Waals surface area contributed by atoms with Crippen LogP contribution < -0.4 is 14.4 Å². The molecule has 0 saturated heterocycles. The summed E-state index contributed by atoms with van der Waals surface area (Å²) in [5.41, 5.74) is -0.319. The van der Waals surface area contributed by atoms with Crippen LogP contribution in [0.1, 0.15) is 16.8 Å². The Labute approximate surface area is 171 Å². The molecule has 1 amide bonds. The van der Waals surface area contributed by atoms with Crippen molar-refractivity contribution < 1.29 is 28.7 Å². The highest BCUT2D eigenvalue weighted by Crippen LogP contribution is 2.36. The van der Waals surface area contributed by atoms with Crippen LogP contribution in [0.5, 0.6) is 11.5 Å². The number of nitro groups is 1. The van der Waals surface area contributed by atoms with Gasteiger partial charge in [-0.05, 0) is 12.1 Å². The molecule has 0 atom stereocenters. The van der Waals surface area contributed by atoms with Crippen molar-refractivity contribution in [2.45, 2.75) is 6.42 Å². The second-order valence-electron chi connectivity index (χ2n) is 6.14. The zero-order valence-electron chi connectivity index (χ0n) is 15.8. The van der Waals surface area contributed by atoms with Crippen molar-refractivity contribution in [1.82, 2.24) is 0 Å². The van der Waals surface area contributed by atoms with Crippen LogP contribution in [0.3, 0.4) is 0 Å². The molecule has 0 aliphatic carbocycles. The molecular weight excluding hydrogens is 394 g/mol. The van der Waals surface area contributed by atoms with Gasteiger partial charge in [0.25, 0.3) is 11.6 Å². The van der Waals surface area contributed by atoms with E-state index in [1.807, 2.05) is 6.07 Å². The number of nitro benzene ring substituents is 1. The van der Waals surface area contributed by atoms with Gasteiger partial charge in [-0.15, -0.1) is 0 Å². The Morgan fingerprint density at radius 2 is 1.83 bits per heavy atom. The minimum absolute atomic E-state index is 0.0855. The first-order chi connectivity index (χ1) is 14.5. The van der Waals surface area contributed by atoms with Crippen LogP contribution in [0.25, 0.3) is 0 Å². The normalized spacial score (nSPS) is 11.8. The van der Waals surface area contributed by atoms with Gasteiger partial charge < -0.3 is 19.1 Å². The highest BCUT2D eigenvalue weighted by molar-refractivity contribution is 5.99. The van der Waals surface area contributed by atoms with Crippen LogP contribution in [0.15, 0.2) is 42.5 Å². The Bertz CT molecular complexity index is 1000. The number of nitrogens with zero attached hydrogens (tertiary/aromatic N) is 3. The second-order valence-corrected chi connectivity index (χ2v) is 6.14. The number of benzene rings is 2. The van der Waals surface area contributed by atoms with E-state index < -0.39 is 29.1 Å². The van der Waals surface area contributed by atoms with Gasteiger partial charge in [-0.2, -0.15) is 5.26 Å². The van der Waals surface area contributed by atoms with Crippen LogP contribution in [-0.2, 0) is 9.53 Å². The van der Waals surface area contributed by atoms with Crippen LogP contribution in [0.2, 0.25) is 0 Å². The number of anilines is 1. The third-order valence-electron chi connectivity index (χ3n) is 4.22. The number of carbonyl (C=O) groups excluding carboxylic acids is 2. The highest BCUT2D eigenvalue weighted by atomic mass is 16.6. The van der Waals surface area contributed by atoms with E-state index in [-0.39, 0.29) is 43.2 Å². The maximum atomic E-state index is 12.6. The molecule has 1 aliphatic heterocycles. The van der Waals surface area contributed by atoms with Gasteiger partial charge in [-0.1, -0.05) is 18.2 Å². The van der Waals surface area contributed by atoms with Gasteiger partial charge in [-0.25, -0.2) is 4.79 Å². The van der Waals surface area contributed by atoms with E-state index in [1.54, 1.807) is 30.3 Å². The summed E-state index contributed by atoms with van der Waals surface area (Å²) in [6, 6.07) is 12.8. The summed E-state index contributed by atoms with van der Waals surface area (Å²) in [4.78, 5) is 37.0. The number of carbonyl (C=O) groups is 2. The first kappa shape index (κ1) is 20.6. The van der Waals surface area contributed by atoms with Crippen molar-refractivity contribution in [3.05, 3.63) is 58.1 Å². The summed E-state index contributed by atoms with van der Waals surface area (Å²) in [5.74, 6) is -1.26. The molecule has 10 heteroatoms. The minimum Gasteiger partial charge on any atom is -0.486 e. The molecular formula is C20H17N3O7. The summed E-state index contributed by atoms with van der Waals surface area (Å²) in [6.45, 7) is -0.0605. The number of ether oxygens (including phenoxy) is 3. The van der Waals surface area contributed by atoms with E-state index in [4.69, 9.17) is 19.5 Å². The zero-order chi connectivity index (χ0) is 21.5. The molecule has 1 heterocycles. The number of rotatable bonds is 7. The summed E-state index contributed by atoms with van der Waals surface area (Å²) >= 11 is 0. The SMILES string of the molecule is N#CCCN(C(=O)COC(=O)c1cc2c(cc1[N+](=O)[O-])OCCO2)c1ccccc1. The first-order valence-corrected chi connectivity index (χ1v) is 8.98. The molecule has 0 aromatic heterocycles. The van der Waals surface area contributed by atoms with E-state index in [2.05, 4.69) is 0 Å². The average Bonchev–Trinajstić information content (AvgIpc) is 2.77. The molecule has 30 heavy (non-hydrogen) atoms. The van der Waals surface area contributed by atoms with Crippen LogP contribution in [-0.4, -0.2) is 43.2 Å². The Morgan fingerprint density at radius 1 is 1.17 bits per heavy atom. The summed E-state index contributed by atoms with van der Waals surface area (Å²) < 4.78 is 15.7. The van der Waals surface area contributed by atoms with Gasteiger partial charge in [0, 0.05) is 18.3 Å². The number of para-hydroxylation sites is 1. The summed E-state index contributed by atoms with van der Waals surface area (Å²) in [7, 11) is 0.